The first-order valence-corrected chi connectivity index (χ1v) is 6.96. The number of hydrogen-bond acceptors (Lipinski definition) is 5. The Bertz CT molecular complexity index is 548. The van der Waals surface area contributed by atoms with Gasteiger partial charge in [-0.05, 0) is 18.6 Å². The molecule has 2 fully saturated rings. The zero-order valence-electron chi connectivity index (χ0n) is 11.4. The molecule has 1 amide bonds. The number of rotatable bonds is 2. The number of carbonyl (C=O) groups excluding carboxylic acids is 1. The first-order chi connectivity index (χ1) is 9.37. The number of carbonyl (C=O) groups is 1. The van der Waals surface area contributed by atoms with Crippen LogP contribution in [0.2, 0.25) is 5.15 Å². The maximum absolute atomic E-state index is 12.6. The monoisotopic (exact) mass is 296 g/mol. The van der Waals surface area contributed by atoms with Crippen molar-refractivity contribution in [1.29, 1.82) is 0 Å². The van der Waals surface area contributed by atoms with Gasteiger partial charge in [0.25, 0.3) is 0 Å². The molecule has 0 radical (unpaired) electrons. The van der Waals surface area contributed by atoms with Crippen LogP contribution in [0.25, 0.3) is 0 Å². The number of nitrogens with two attached hydrogens (primary N) is 1. The minimum absolute atomic E-state index is 0.0505. The molecule has 1 aliphatic heterocycles. The summed E-state index contributed by atoms with van der Waals surface area (Å²) in [5.74, 6) is 0.158. The number of nitrogens with one attached hydrogen (secondary N) is 1. The molecule has 1 aromatic rings. The second-order valence-corrected chi connectivity index (χ2v) is 6.36. The predicted molar refractivity (Wildman–Crippen MR) is 74.2 cm³/mol. The molecule has 3 atom stereocenters. The molecule has 1 aliphatic carbocycles. The third-order valence-electron chi connectivity index (χ3n) is 4.70. The molecular formula is C13H17ClN4O2. The molecule has 2 aliphatic rings. The Balaban J connectivity index is 1.81. The summed E-state index contributed by atoms with van der Waals surface area (Å²) < 4.78 is 5.67. The highest BCUT2D eigenvalue weighted by Gasteiger charge is 2.71. The average molecular weight is 297 g/mol. The van der Waals surface area contributed by atoms with Crippen molar-refractivity contribution in [3.8, 4) is 0 Å². The predicted octanol–water partition coefficient (Wildman–Crippen LogP) is 1.21. The zero-order valence-corrected chi connectivity index (χ0v) is 12.1. The molecule has 1 saturated carbocycles. The summed E-state index contributed by atoms with van der Waals surface area (Å²) in [7, 11) is 0. The minimum atomic E-state index is -0.949. The SMILES string of the molecule is CC1(C)C2OCCC2C1(N)C(=O)Nc1ccc(Cl)nn1. The van der Waals surface area contributed by atoms with Crippen LogP contribution in [0.15, 0.2) is 12.1 Å². The van der Waals surface area contributed by atoms with Gasteiger partial charge >= 0.3 is 0 Å². The number of fused-ring (bicyclic) bond motifs is 1. The van der Waals surface area contributed by atoms with Crippen LogP contribution >= 0.6 is 11.6 Å². The second kappa shape index (κ2) is 4.38. The molecule has 1 saturated heterocycles. The van der Waals surface area contributed by atoms with Gasteiger partial charge in [0.15, 0.2) is 11.0 Å². The van der Waals surface area contributed by atoms with E-state index in [0.29, 0.717) is 12.4 Å². The Labute approximate surface area is 122 Å². The van der Waals surface area contributed by atoms with Crippen LogP contribution in [0.5, 0.6) is 0 Å². The van der Waals surface area contributed by atoms with Gasteiger partial charge in [0.05, 0.1) is 6.10 Å². The molecule has 2 heterocycles. The number of nitrogens with zero attached hydrogens (tertiary/aromatic N) is 2. The summed E-state index contributed by atoms with van der Waals surface area (Å²) in [6.45, 7) is 4.59. The van der Waals surface area contributed by atoms with E-state index < -0.39 is 11.0 Å². The highest BCUT2D eigenvalue weighted by atomic mass is 35.5. The van der Waals surface area contributed by atoms with Crippen molar-refractivity contribution in [2.24, 2.45) is 17.1 Å². The van der Waals surface area contributed by atoms with E-state index in [9.17, 15) is 4.79 Å². The van der Waals surface area contributed by atoms with Gasteiger partial charge in [0, 0.05) is 17.9 Å². The van der Waals surface area contributed by atoms with Crippen molar-refractivity contribution >= 4 is 23.3 Å². The highest BCUT2D eigenvalue weighted by molar-refractivity contribution is 6.29. The van der Waals surface area contributed by atoms with Crippen LogP contribution in [0.3, 0.4) is 0 Å². The molecule has 20 heavy (non-hydrogen) atoms. The fourth-order valence-corrected chi connectivity index (χ4v) is 3.55. The second-order valence-electron chi connectivity index (χ2n) is 5.97. The number of halogens is 1. The topological polar surface area (TPSA) is 90.1 Å². The molecular weight excluding hydrogens is 280 g/mol. The Morgan fingerprint density at radius 1 is 1.50 bits per heavy atom. The van der Waals surface area contributed by atoms with Crippen LogP contribution < -0.4 is 11.1 Å². The number of anilines is 1. The Morgan fingerprint density at radius 3 is 2.90 bits per heavy atom. The Hall–Kier alpha value is -1.24. The Kier molecular flexibility index (Phi) is 3.00. The lowest BCUT2D eigenvalue weighted by Gasteiger charge is -2.60. The van der Waals surface area contributed by atoms with E-state index in [1.54, 1.807) is 12.1 Å². The standard InChI is InChI=1S/C13H17ClN4O2/c1-12(2)10-7(5-6-20-10)13(12,15)11(19)16-9-4-3-8(14)17-18-9/h3-4,7,10H,5-6,15H2,1-2H3,(H,16,18,19). The first-order valence-electron chi connectivity index (χ1n) is 6.58. The van der Waals surface area contributed by atoms with Gasteiger partial charge in [-0.2, -0.15) is 0 Å². The Morgan fingerprint density at radius 2 is 2.25 bits per heavy atom. The number of aromatic nitrogens is 2. The van der Waals surface area contributed by atoms with E-state index in [1.807, 2.05) is 13.8 Å². The van der Waals surface area contributed by atoms with Gasteiger partial charge in [-0.1, -0.05) is 25.4 Å². The zero-order chi connectivity index (χ0) is 14.5. The molecule has 0 bridgehead atoms. The number of ether oxygens (including phenoxy) is 1. The molecule has 7 heteroatoms. The minimum Gasteiger partial charge on any atom is -0.377 e. The van der Waals surface area contributed by atoms with Gasteiger partial charge in [-0.25, -0.2) is 0 Å². The maximum atomic E-state index is 12.6. The number of hydrogen-bond donors (Lipinski definition) is 2. The molecule has 1 aromatic heterocycles. The lowest BCUT2D eigenvalue weighted by molar-refractivity contribution is -0.170. The van der Waals surface area contributed by atoms with Gasteiger partial charge in [-0.3, -0.25) is 4.79 Å². The van der Waals surface area contributed by atoms with Crippen molar-refractivity contribution in [3.63, 3.8) is 0 Å². The van der Waals surface area contributed by atoms with Crippen molar-refractivity contribution in [2.75, 3.05) is 11.9 Å². The smallest absolute Gasteiger partial charge is 0.246 e. The van der Waals surface area contributed by atoms with E-state index >= 15 is 0 Å². The fraction of sp³-hybridized carbons (Fsp3) is 0.615. The highest BCUT2D eigenvalue weighted by Crippen LogP contribution is 2.58. The normalized spacial score (nSPS) is 34.2. The van der Waals surface area contributed by atoms with Crippen molar-refractivity contribution in [2.45, 2.75) is 31.9 Å². The van der Waals surface area contributed by atoms with Gasteiger partial charge < -0.3 is 15.8 Å². The van der Waals surface area contributed by atoms with Crippen LogP contribution in [0.1, 0.15) is 20.3 Å². The lowest BCUT2D eigenvalue weighted by atomic mass is 9.48. The maximum Gasteiger partial charge on any atom is 0.246 e. The molecule has 3 unspecified atom stereocenters. The van der Waals surface area contributed by atoms with Crippen LogP contribution in [0, 0.1) is 11.3 Å². The van der Waals surface area contributed by atoms with Gasteiger partial charge in [0.2, 0.25) is 5.91 Å². The van der Waals surface area contributed by atoms with Crippen LogP contribution in [0.4, 0.5) is 5.82 Å². The lowest BCUT2D eigenvalue weighted by Crippen LogP contribution is -2.79. The summed E-state index contributed by atoms with van der Waals surface area (Å²) in [4.78, 5) is 12.6. The van der Waals surface area contributed by atoms with E-state index in [4.69, 9.17) is 22.1 Å². The van der Waals surface area contributed by atoms with Crippen molar-refractivity contribution in [1.82, 2.24) is 10.2 Å². The quantitative estimate of drug-likeness (QED) is 0.856. The van der Waals surface area contributed by atoms with Gasteiger partial charge in [0.1, 0.15) is 5.54 Å². The van der Waals surface area contributed by atoms with E-state index in [2.05, 4.69) is 15.5 Å². The summed E-state index contributed by atoms with van der Waals surface area (Å²) in [5, 5.41) is 10.5. The fourth-order valence-electron chi connectivity index (χ4n) is 3.45. The summed E-state index contributed by atoms with van der Waals surface area (Å²) in [6.07, 6.45) is 0.860. The van der Waals surface area contributed by atoms with Crippen LogP contribution in [-0.2, 0) is 9.53 Å². The van der Waals surface area contributed by atoms with E-state index in [0.717, 1.165) is 6.42 Å². The molecule has 3 rings (SSSR count). The van der Waals surface area contributed by atoms with Crippen molar-refractivity contribution in [3.05, 3.63) is 17.3 Å². The molecule has 0 spiro atoms. The third kappa shape index (κ3) is 1.68. The summed E-state index contributed by atoms with van der Waals surface area (Å²) in [5.41, 5.74) is 5.07. The van der Waals surface area contributed by atoms with E-state index in [1.165, 1.54) is 0 Å². The molecule has 3 N–H and O–H groups in total. The number of amides is 1. The largest absolute Gasteiger partial charge is 0.377 e. The van der Waals surface area contributed by atoms with Crippen molar-refractivity contribution < 1.29 is 9.53 Å². The van der Waals surface area contributed by atoms with Gasteiger partial charge in [-0.15, -0.1) is 10.2 Å². The van der Waals surface area contributed by atoms with Crippen LogP contribution in [-0.4, -0.2) is 34.4 Å². The summed E-state index contributed by atoms with van der Waals surface area (Å²) >= 11 is 5.67. The molecule has 0 aromatic carbocycles. The first kappa shape index (κ1) is 13.7. The third-order valence-corrected chi connectivity index (χ3v) is 4.90. The van der Waals surface area contributed by atoms with E-state index in [-0.39, 0.29) is 23.1 Å². The average Bonchev–Trinajstić information content (AvgIpc) is 2.88. The molecule has 108 valence electrons. The molecule has 6 nitrogen and oxygen atoms in total. The summed E-state index contributed by atoms with van der Waals surface area (Å²) in [6, 6.07) is 3.17.